The molecule has 104 valence electrons. The molecule has 3 rings (SSSR count). The molecule has 1 saturated carbocycles. The summed E-state index contributed by atoms with van der Waals surface area (Å²) in [4.78, 5) is 10.7. The Kier molecular flexibility index (Phi) is 3.25. The van der Waals surface area contributed by atoms with Gasteiger partial charge in [-0.05, 0) is 19.8 Å². The minimum atomic E-state index is -0.841. The normalized spacial score (nSPS) is 16.1. The van der Waals surface area contributed by atoms with E-state index in [1.807, 2.05) is 30.3 Å². The molecule has 5 nitrogen and oxygen atoms in total. The molecular weight excluding hydrogens is 274 g/mol. The maximum atomic E-state index is 10.7. The van der Waals surface area contributed by atoms with E-state index in [0.29, 0.717) is 5.16 Å². The zero-order valence-corrected chi connectivity index (χ0v) is 11.9. The van der Waals surface area contributed by atoms with Crippen LogP contribution in [0.2, 0.25) is 0 Å². The predicted molar refractivity (Wildman–Crippen MR) is 76.7 cm³/mol. The molecule has 0 unspecified atom stereocenters. The van der Waals surface area contributed by atoms with Crippen LogP contribution in [0.3, 0.4) is 0 Å². The monoisotopic (exact) mass is 289 g/mol. The third-order valence-corrected chi connectivity index (χ3v) is 4.42. The van der Waals surface area contributed by atoms with Crippen LogP contribution in [0.15, 0.2) is 35.5 Å². The summed E-state index contributed by atoms with van der Waals surface area (Å²) in [5.74, 6) is -0.0199. The minimum Gasteiger partial charge on any atom is -0.481 e. The molecule has 1 N–H and O–H groups in total. The van der Waals surface area contributed by atoms with E-state index in [2.05, 4.69) is 21.7 Å². The first-order valence-corrected chi connectivity index (χ1v) is 7.45. The highest BCUT2D eigenvalue weighted by molar-refractivity contribution is 7.99. The van der Waals surface area contributed by atoms with Crippen LogP contribution in [0.1, 0.15) is 19.8 Å². The molecule has 20 heavy (non-hydrogen) atoms. The van der Waals surface area contributed by atoms with Crippen molar-refractivity contribution < 1.29 is 9.90 Å². The predicted octanol–water partition coefficient (Wildman–Crippen LogP) is 2.63. The van der Waals surface area contributed by atoms with Gasteiger partial charge in [-0.25, -0.2) is 0 Å². The average molecular weight is 289 g/mol. The molecule has 0 radical (unpaired) electrons. The number of carboxylic acid groups (broad SMARTS) is 1. The molecule has 1 fully saturated rings. The van der Waals surface area contributed by atoms with E-state index in [-0.39, 0.29) is 11.3 Å². The number of rotatable bonds is 5. The van der Waals surface area contributed by atoms with Crippen LogP contribution in [-0.4, -0.2) is 31.6 Å². The SMILES string of the molecule is CC1(n2c(SCC(=O)O)nnc2-c2ccccc2)CC1. The van der Waals surface area contributed by atoms with Gasteiger partial charge in [0.15, 0.2) is 11.0 Å². The van der Waals surface area contributed by atoms with E-state index in [0.717, 1.165) is 24.2 Å². The fraction of sp³-hybridized carbons (Fsp3) is 0.357. The lowest BCUT2D eigenvalue weighted by molar-refractivity contribution is -0.133. The highest BCUT2D eigenvalue weighted by Crippen LogP contribution is 2.47. The van der Waals surface area contributed by atoms with Gasteiger partial charge in [-0.1, -0.05) is 42.1 Å². The minimum absolute atomic E-state index is 0.00298. The fourth-order valence-corrected chi connectivity index (χ4v) is 2.94. The molecular formula is C14H15N3O2S. The lowest BCUT2D eigenvalue weighted by atomic mass is 10.2. The van der Waals surface area contributed by atoms with Crippen LogP contribution in [0.4, 0.5) is 0 Å². The van der Waals surface area contributed by atoms with Gasteiger partial charge >= 0.3 is 5.97 Å². The number of carboxylic acids is 1. The first kappa shape index (κ1) is 13.2. The Hall–Kier alpha value is -1.82. The molecule has 0 saturated heterocycles. The topological polar surface area (TPSA) is 68.0 Å². The Morgan fingerprint density at radius 2 is 2.05 bits per heavy atom. The quantitative estimate of drug-likeness (QED) is 0.857. The highest BCUT2D eigenvalue weighted by atomic mass is 32.2. The summed E-state index contributed by atoms with van der Waals surface area (Å²) < 4.78 is 2.09. The second-order valence-electron chi connectivity index (χ2n) is 5.19. The van der Waals surface area contributed by atoms with Gasteiger partial charge < -0.3 is 5.11 Å². The maximum absolute atomic E-state index is 10.7. The van der Waals surface area contributed by atoms with Crippen molar-refractivity contribution in [3.05, 3.63) is 30.3 Å². The number of hydrogen-bond donors (Lipinski definition) is 1. The number of carbonyl (C=O) groups is 1. The summed E-state index contributed by atoms with van der Waals surface area (Å²) in [6, 6.07) is 9.89. The number of benzene rings is 1. The van der Waals surface area contributed by atoms with E-state index in [1.54, 1.807) is 0 Å². The summed E-state index contributed by atoms with van der Waals surface area (Å²) in [6.07, 6.45) is 2.15. The number of thioether (sulfide) groups is 1. The first-order valence-electron chi connectivity index (χ1n) is 6.46. The molecule has 6 heteroatoms. The summed E-state index contributed by atoms with van der Waals surface area (Å²) in [5, 5.41) is 18.0. The van der Waals surface area contributed by atoms with Crippen molar-refractivity contribution >= 4 is 17.7 Å². The summed E-state index contributed by atoms with van der Waals surface area (Å²) in [5.41, 5.74) is 1.03. The second kappa shape index (κ2) is 4.94. The molecule has 1 aliphatic carbocycles. The molecule has 1 aromatic carbocycles. The molecule has 0 spiro atoms. The third kappa shape index (κ3) is 2.43. The summed E-state index contributed by atoms with van der Waals surface area (Å²) in [7, 11) is 0. The van der Waals surface area contributed by atoms with Crippen LogP contribution < -0.4 is 0 Å². The first-order chi connectivity index (χ1) is 9.60. The smallest absolute Gasteiger partial charge is 0.313 e. The molecule has 0 aliphatic heterocycles. The van der Waals surface area contributed by atoms with E-state index in [1.165, 1.54) is 11.8 Å². The molecule has 0 amide bonds. The van der Waals surface area contributed by atoms with Gasteiger partial charge in [0.05, 0.1) is 5.75 Å². The van der Waals surface area contributed by atoms with Crippen molar-refractivity contribution in [2.45, 2.75) is 30.5 Å². The van der Waals surface area contributed by atoms with Crippen molar-refractivity contribution in [2.24, 2.45) is 0 Å². The lowest BCUT2D eigenvalue weighted by Gasteiger charge is -2.16. The Balaban J connectivity index is 2.01. The van der Waals surface area contributed by atoms with Crippen molar-refractivity contribution in [3.63, 3.8) is 0 Å². The van der Waals surface area contributed by atoms with Crippen LogP contribution in [0.5, 0.6) is 0 Å². The van der Waals surface area contributed by atoms with Crippen molar-refractivity contribution in [1.82, 2.24) is 14.8 Å². The largest absolute Gasteiger partial charge is 0.481 e. The third-order valence-electron chi connectivity index (χ3n) is 3.50. The maximum Gasteiger partial charge on any atom is 0.313 e. The Morgan fingerprint density at radius 3 is 2.65 bits per heavy atom. The zero-order chi connectivity index (χ0) is 14.2. The van der Waals surface area contributed by atoms with Gasteiger partial charge in [0, 0.05) is 11.1 Å². The van der Waals surface area contributed by atoms with Crippen LogP contribution >= 0.6 is 11.8 Å². The van der Waals surface area contributed by atoms with Gasteiger partial charge in [0.25, 0.3) is 0 Å². The van der Waals surface area contributed by atoms with Gasteiger partial charge in [0.2, 0.25) is 0 Å². The molecule has 1 aliphatic rings. The Bertz CT molecular complexity index is 635. The van der Waals surface area contributed by atoms with Gasteiger partial charge in [-0.3, -0.25) is 9.36 Å². The van der Waals surface area contributed by atoms with Crippen LogP contribution in [0.25, 0.3) is 11.4 Å². The van der Waals surface area contributed by atoms with E-state index >= 15 is 0 Å². The molecule has 2 aromatic rings. The molecule has 1 aromatic heterocycles. The van der Waals surface area contributed by atoms with Gasteiger partial charge in [0.1, 0.15) is 0 Å². The number of aliphatic carboxylic acids is 1. The van der Waals surface area contributed by atoms with Crippen LogP contribution in [-0.2, 0) is 10.3 Å². The Labute approximate surface area is 121 Å². The highest BCUT2D eigenvalue weighted by Gasteiger charge is 2.43. The standard InChI is InChI=1S/C14H15N3O2S/c1-14(7-8-14)17-12(10-5-3-2-4-6-10)15-16-13(17)20-9-11(18)19/h2-6H,7-9H2,1H3,(H,18,19). The zero-order valence-electron chi connectivity index (χ0n) is 11.1. The van der Waals surface area contributed by atoms with Gasteiger partial charge in [-0.15, -0.1) is 10.2 Å². The molecule has 1 heterocycles. The van der Waals surface area contributed by atoms with E-state index in [4.69, 9.17) is 5.11 Å². The molecule has 0 atom stereocenters. The number of nitrogens with zero attached hydrogens (tertiary/aromatic N) is 3. The van der Waals surface area contributed by atoms with Crippen molar-refractivity contribution in [1.29, 1.82) is 0 Å². The average Bonchev–Trinajstić information content (AvgIpc) is 3.04. The summed E-state index contributed by atoms with van der Waals surface area (Å²) >= 11 is 1.23. The van der Waals surface area contributed by atoms with Crippen molar-refractivity contribution in [2.75, 3.05) is 5.75 Å². The second-order valence-corrected chi connectivity index (χ2v) is 6.13. The van der Waals surface area contributed by atoms with E-state index < -0.39 is 5.97 Å². The Morgan fingerprint density at radius 1 is 1.35 bits per heavy atom. The number of aromatic nitrogens is 3. The molecule has 0 bridgehead atoms. The summed E-state index contributed by atoms with van der Waals surface area (Å²) in [6.45, 7) is 2.16. The van der Waals surface area contributed by atoms with Crippen LogP contribution in [0, 0.1) is 0 Å². The van der Waals surface area contributed by atoms with Crippen molar-refractivity contribution in [3.8, 4) is 11.4 Å². The number of hydrogen-bond acceptors (Lipinski definition) is 4. The fourth-order valence-electron chi connectivity index (χ4n) is 2.16. The van der Waals surface area contributed by atoms with E-state index in [9.17, 15) is 4.79 Å². The van der Waals surface area contributed by atoms with Gasteiger partial charge in [-0.2, -0.15) is 0 Å². The lowest BCUT2D eigenvalue weighted by Crippen LogP contribution is -2.15.